The molecule has 1 aromatic carbocycles. The maximum absolute atomic E-state index is 9.29. The molecular weight excluding hydrogens is 190 g/mol. The largest absolute Gasteiger partial charge is 0.475 e. The van der Waals surface area contributed by atoms with Gasteiger partial charge in [0.15, 0.2) is 0 Å². The molecule has 1 aromatic rings. The van der Waals surface area contributed by atoms with E-state index in [4.69, 9.17) is 4.74 Å². The minimum Gasteiger partial charge on any atom is -0.475 e. The van der Waals surface area contributed by atoms with Crippen LogP contribution in [-0.4, -0.2) is 29.8 Å². The van der Waals surface area contributed by atoms with Crippen LogP contribution in [0.3, 0.4) is 0 Å². The first-order chi connectivity index (χ1) is 7.29. The molecule has 2 rings (SSSR count). The zero-order valence-corrected chi connectivity index (χ0v) is 8.81. The Hall–Kier alpha value is -1.35. The summed E-state index contributed by atoms with van der Waals surface area (Å²) in [4.78, 5) is 4.47. The second-order valence-electron chi connectivity index (χ2n) is 3.81. The number of aliphatic hydroxyl groups is 1. The van der Waals surface area contributed by atoms with Gasteiger partial charge in [0.2, 0.25) is 5.90 Å². The summed E-state index contributed by atoms with van der Waals surface area (Å²) in [7, 11) is 0. The lowest BCUT2D eigenvalue weighted by molar-refractivity contribution is 0.154. The predicted octanol–water partition coefficient (Wildman–Crippen LogP) is 1.60. The van der Waals surface area contributed by atoms with E-state index in [1.165, 1.54) is 0 Å². The second kappa shape index (κ2) is 4.03. The molecule has 1 aliphatic heterocycles. The fraction of sp³-hybridized carbons (Fsp3) is 0.417. The van der Waals surface area contributed by atoms with Gasteiger partial charge in [-0.05, 0) is 18.6 Å². The van der Waals surface area contributed by atoms with E-state index in [0.717, 1.165) is 12.0 Å². The van der Waals surface area contributed by atoms with Crippen LogP contribution < -0.4 is 0 Å². The molecule has 1 unspecified atom stereocenters. The van der Waals surface area contributed by atoms with Gasteiger partial charge in [0.05, 0.1) is 6.61 Å². The zero-order valence-electron chi connectivity index (χ0n) is 8.81. The molecule has 1 heterocycles. The molecule has 0 aromatic heterocycles. The first-order valence-corrected chi connectivity index (χ1v) is 5.18. The highest BCUT2D eigenvalue weighted by molar-refractivity contribution is 5.95. The summed E-state index contributed by atoms with van der Waals surface area (Å²) >= 11 is 0. The van der Waals surface area contributed by atoms with Crippen molar-refractivity contribution in [3.8, 4) is 0 Å². The number of aliphatic hydroxyl groups excluding tert-OH is 1. The maximum Gasteiger partial charge on any atom is 0.216 e. The molecule has 3 heteroatoms. The molecule has 0 bridgehead atoms. The number of aliphatic imine (C=N–C) groups is 1. The molecule has 1 N–H and O–H groups in total. The van der Waals surface area contributed by atoms with Crippen LogP contribution in [0.25, 0.3) is 0 Å². The SMILES string of the molecule is CCC1(CO)COC(c2ccccc2)=N1. The van der Waals surface area contributed by atoms with Gasteiger partial charge in [-0.25, -0.2) is 4.99 Å². The van der Waals surface area contributed by atoms with Gasteiger partial charge in [0.1, 0.15) is 12.1 Å². The smallest absolute Gasteiger partial charge is 0.216 e. The van der Waals surface area contributed by atoms with Gasteiger partial charge >= 0.3 is 0 Å². The predicted molar refractivity (Wildman–Crippen MR) is 59.0 cm³/mol. The lowest BCUT2D eigenvalue weighted by atomic mass is 10.0. The number of benzene rings is 1. The molecule has 0 aliphatic carbocycles. The lowest BCUT2D eigenvalue weighted by Crippen LogP contribution is -2.31. The van der Waals surface area contributed by atoms with Crippen molar-refractivity contribution in [1.82, 2.24) is 0 Å². The normalized spacial score (nSPS) is 24.8. The fourth-order valence-corrected chi connectivity index (χ4v) is 1.59. The van der Waals surface area contributed by atoms with Crippen LogP contribution in [0.15, 0.2) is 35.3 Å². The van der Waals surface area contributed by atoms with Crippen molar-refractivity contribution in [1.29, 1.82) is 0 Å². The van der Waals surface area contributed by atoms with E-state index < -0.39 is 5.54 Å². The van der Waals surface area contributed by atoms with Crippen LogP contribution in [0.1, 0.15) is 18.9 Å². The van der Waals surface area contributed by atoms with Crippen molar-refractivity contribution in [3.63, 3.8) is 0 Å². The highest BCUT2D eigenvalue weighted by Crippen LogP contribution is 2.24. The van der Waals surface area contributed by atoms with Crippen LogP contribution in [0.2, 0.25) is 0 Å². The first-order valence-electron chi connectivity index (χ1n) is 5.18. The first kappa shape index (κ1) is 10.2. The summed E-state index contributed by atoms with van der Waals surface area (Å²) in [6.07, 6.45) is 0.792. The third kappa shape index (κ3) is 1.88. The number of rotatable bonds is 3. The molecular formula is C12H15NO2. The van der Waals surface area contributed by atoms with Gasteiger partial charge in [-0.1, -0.05) is 25.1 Å². The van der Waals surface area contributed by atoms with Crippen molar-refractivity contribution >= 4 is 5.90 Å². The van der Waals surface area contributed by atoms with Crippen LogP contribution in [0, 0.1) is 0 Å². The summed E-state index contributed by atoms with van der Waals surface area (Å²) < 4.78 is 5.53. The number of nitrogens with zero attached hydrogens (tertiary/aromatic N) is 1. The zero-order chi connectivity index (χ0) is 10.7. The summed E-state index contributed by atoms with van der Waals surface area (Å²) in [5.74, 6) is 0.645. The van der Waals surface area contributed by atoms with Gasteiger partial charge in [-0.15, -0.1) is 0 Å². The summed E-state index contributed by atoms with van der Waals surface area (Å²) in [6.45, 7) is 2.53. The molecule has 0 spiro atoms. The average Bonchev–Trinajstić information content (AvgIpc) is 2.75. The van der Waals surface area contributed by atoms with Crippen LogP contribution in [0.5, 0.6) is 0 Å². The van der Waals surface area contributed by atoms with Gasteiger partial charge < -0.3 is 9.84 Å². The van der Waals surface area contributed by atoms with Crippen molar-refractivity contribution in [2.45, 2.75) is 18.9 Å². The Balaban J connectivity index is 2.27. The van der Waals surface area contributed by atoms with Crippen LogP contribution >= 0.6 is 0 Å². The molecule has 1 atom stereocenters. The minimum atomic E-state index is -0.425. The fourth-order valence-electron chi connectivity index (χ4n) is 1.59. The minimum absolute atomic E-state index is 0.0415. The summed E-state index contributed by atoms with van der Waals surface area (Å²) in [6, 6.07) is 9.78. The lowest BCUT2D eigenvalue weighted by Gasteiger charge is -2.17. The van der Waals surface area contributed by atoms with E-state index in [1.54, 1.807) is 0 Å². The van der Waals surface area contributed by atoms with E-state index in [9.17, 15) is 5.11 Å². The van der Waals surface area contributed by atoms with E-state index in [2.05, 4.69) is 4.99 Å². The molecule has 80 valence electrons. The van der Waals surface area contributed by atoms with E-state index >= 15 is 0 Å². The Morgan fingerprint density at radius 1 is 1.40 bits per heavy atom. The average molecular weight is 205 g/mol. The Morgan fingerprint density at radius 2 is 2.13 bits per heavy atom. The third-order valence-electron chi connectivity index (χ3n) is 2.79. The van der Waals surface area contributed by atoms with Gasteiger partial charge in [0.25, 0.3) is 0 Å². The third-order valence-corrected chi connectivity index (χ3v) is 2.79. The quantitative estimate of drug-likeness (QED) is 0.814. The standard InChI is InChI=1S/C12H15NO2/c1-2-12(8-14)9-15-11(13-12)10-6-4-3-5-7-10/h3-7,14H,2,8-9H2,1H3. The van der Waals surface area contributed by atoms with Crippen molar-refractivity contribution in [2.24, 2.45) is 4.99 Å². The molecule has 0 amide bonds. The number of hydrogen-bond donors (Lipinski definition) is 1. The summed E-state index contributed by atoms with van der Waals surface area (Å²) in [5.41, 5.74) is 0.548. The highest BCUT2D eigenvalue weighted by Gasteiger charge is 2.34. The highest BCUT2D eigenvalue weighted by atomic mass is 16.5. The van der Waals surface area contributed by atoms with Crippen molar-refractivity contribution in [2.75, 3.05) is 13.2 Å². The van der Waals surface area contributed by atoms with Gasteiger partial charge in [0, 0.05) is 5.56 Å². The maximum atomic E-state index is 9.29. The van der Waals surface area contributed by atoms with Gasteiger partial charge in [-0.3, -0.25) is 0 Å². The number of hydrogen-bond acceptors (Lipinski definition) is 3. The topological polar surface area (TPSA) is 41.8 Å². The van der Waals surface area contributed by atoms with E-state index in [0.29, 0.717) is 12.5 Å². The van der Waals surface area contributed by atoms with Crippen molar-refractivity contribution < 1.29 is 9.84 Å². The molecule has 0 radical (unpaired) electrons. The Labute approximate surface area is 89.4 Å². The van der Waals surface area contributed by atoms with E-state index in [1.807, 2.05) is 37.3 Å². The van der Waals surface area contributed by atoms with Gasteiger partial charge in [-0.2, -0.15) is 0 Å². The van der Waals surface area contributed by atoms with Crippen LogP contribution in [-0.2, 0) is 4.74 Å². The summed E-state index contributed by atoms with van der Waals surface area (Å²) in [5, 5.41) is 9.29. The van der Waals surface area contributed by atoms with Crippen molar-refractivity contribution in [3.05, 3.63) is 35.9 Å². The molecule has 0 saturated carbocycles. The Kier molecular flexibility index (Phi) is 2.73. The Morgan fingerprint density at radius 3 is 2.67 bits per heavy atom. The molecule has 0 fully saturated rings. The molecule has 0 saturated heterocycles. The Bertz CT molecular complexity index is 355. The molecule has 1 aliphatic rings. The monoisotopic (exact) mass is 205 g/mol. The number of ether oxygens (including phenoxy) is 1. The second-order valence-corrected chi connectivity index (χ2v) is 3.81. The molecule has 15 heavy (non-hydrogen) atoms. The van der Waals surface area contributed by atoms with E-state index in [-0.39, 0.29) is 6.61 Å². The van der Waals surface area contributed by atoms with Crippen LogP contribution in [0.4, 0.5) is 0 Å². The molecule has 3 nitrogen and oxygen atoms in total.